The smallest absolute Gasteiger partial charge is 0.306 e. The molecule has 2 aromatic carbocycles. The Morgan fingerprint density at radius 1 is 0.724 bits per heavy atom. The molecule has 18 heteroatoms. The molecule has 0 fully saturated rings. The second-order valence-corrected chi connectivity index (χ2v) is 13.2. The number of hydrogen-bond donors (Lipinski definition) is 4. The van der Waals surface area contributed by atoms with E-state index in [2.05, 4.69) is 25.8 Å². The van der Waals surface area contributed by atoms with E-state index in [9.17, 15) is 24.0 Å². The van der Waals surface area contributed by atoms with Crippen LogP contribution < -0.4 is 22.1 Å². The molecule has 6 aromatic rings. The summed E-state index contributed by atoms with van der Waals surface area (Å²) in [6, 6.07) is 11.4. The molecule has 0 bridgehead atoms. The molecule has 18 nitrogen and oxygen atoms in total. The lowest BCUT2D eigenvalue weighted by Gasteiger charge is -2.12. The van der Waals surface area contributed by atoms with E-state index in [0.29, 0.717) is 63.5 Å². The highest BCUT2D eigenvalue weighted by molar-refractivity contribution is 6.05. The second-order valence-electron chi connectivity index (χ2n) is 13.2. The maximum Gasteiger partial charge on any atom is 0.306 e. The van der Waals surface area contributed by atoms with Gasteiger partial charge in [-0.3, -0.25) is 44.0 Å². The summed E-state index contributed by atoms with van der Waals surface area (Å²) in [5.74, 6) is -2.15. The van der Waals surface area contributed by atoms with Crippen LogP contribution in [0.15, 0.2) is 54.6 Å². The van der Waals surface area contributed by atoms with Crippen molar-refractivity contribution in [2.24, 2.45) is 11.5 Å². The molecule has 0 atom stereocenters. The summed E-state index contributed by atoms with van der Waals surface area (Å²) < 4.78 is 11.9. The van der Waals surface area contributed by atoms with Crippen molar-refractivity contribution in [1.82, 2.24) is 38.7 Å². The molecule has 0 unspecified atom stereocenters. The fourth-order valence-electron chi connectivity index (χ4n) is 6.62. The lowest BCUT2D eigenvalue weighted by Crippen LogP contribution is -2.20. The molecule has 6 N–H and O–H groups in total. The Labute approximate surface area is 334 Å². The Balaban J connectivity index is 0.00000641. The number of benzene rings is 2. The molecule has 6 rings (SSSR count). The first-order chi connectivity index (χ1) is 27.3. The van der Waals surface area contributed by atoms with Crippen molar-refractivity contribution < 1.29 is 28.7 Å². The number of nitrogens with zero attached hydrogens (tertiary/aromatic N) is 8. The third-order valence-electron chi connectivity index (χ3n) is 9.20. The van der Waals surface area contributed by atoms with Gasteiger partial charge in [0, 0.05) is 43.7 Å². The number of aromatic nitrogens is 8. The molecule has 58 heavy (non-hydrogen) atoms. The molecule has 4 amide bonds. The predicted octanol–water partition coefficient (Wildman–Crippen LogP) is 4.53. The summed E-state index contributed by atoms with van der Waals surface area (Å²) in [4.78, 5) is 73.3. The minimum Gasteiger partial charge on any atom is -0.466 e. The first-order valence-corrected chi connectivity index (χ1v) is 18.5. The molecule has 0 spiro atoms. The molecule has 4 heterocycles. The molecule has 0 aliphatic carbocycles. The molecular weight excluding hydrogens is 745 g/mol. The minimum atomic E-state index is -0.677. The SMILES string of the molecule is C.CCOC(=O)CCc1cc(C(N)=O)cc2nc(NC(=O)c3cc(C)nn3CC)n(C/C=C/Cn3c(NC(=O)c4cc(C)nn4CC)nc4cc(C(N)=O)ccc43)c12. The molecule has 0 aliphatic heterocycles. The largest absolute Gasteiger partial charge is 0.466 e. The van der Waals surface area contributed by atoms with Crippen LogP contribution in [0.1, 0.15) is 93.3 Å². The molecule has 0 saturated carbocycles. The lowest BCUT2D eigenvalue weighted by molar-refractivity contribution is -0.143. The number of nitrogens with one attached hydrogen (secondary N) is 2. The summed E-state index contributed by atoms with van der Waals surface area (Å²) in [5.41, 5.74) is 16.4. The van der Waals surface area contributed by atoms with Gasteiger partial charge in [0.05, 0.1) is 40.1 Å². The number of esters is 1. The maximum atomic E-state index is 13.7. The van der Waals surface area contributed by atoms with Gasteiger partial charge in [0.15, 0.2) is 0 Å². The number of imidazole rings is 2. The first kappa shape index (κ1) is 42.0. The Bertz CT molecular complexity index is 2570. The van der Waals surface area contributed by atoms with Gasteiger partial charge in [-0.05, 0) is 89.1 Å². The van der Waals surface area contributed by atoms with Gasteiger partial charge in [-0.2, -0.15) is 10.2 Å². The summed E-state index contributed by atoms with van der Waals surface area (Å²) >= 11 is 0. The number of carbonyl (C=O) groups excluding carboxylic acids is 5. The van der Waals surface area contributed by atoms with Gasteiger partial charge in [0.25, 0.3) is 11.8 Å². The van der Waals surface area contributed by atoms with E-state index in [1.807, 2.05) is 26.0 Å². The average Bonchev–Trinajstić information content (AvgIpc) is 3.94. The Hall–Kier alpha value is -7.11. The monoisotopic (exact) mass is 792 g/mol. The average molecular weight is 793 g/mol. The van der Waals surface area contributed by atoms with Gasteiger partial charge in [-0.25, -0.2) is 9.97 Å². The Morgan fingerprint density at radius 2 is 1.26 bits per heavy atom. The van der Waals surface area contributed by atoms with Crippen LogP contribution >= 0.6 is 0 Å². The fraction of sp³-hybridized carbons (Fsp3) is 0.325. The highest BCUT2D eigenvalue weighted by Gasteiger charge is 2.22. The molecule has 304 valence electrons. The van der Waals surface area contributed by atoms with Crippen LogP contribution in [0.5, 0.6) is 0 Å². The van der Waals surface area contributed by atoms with E-state index < -0.39 is 29.6 Å². The van der Waals surface area contributed by atoms with Crippen molar-refractivity contribution in [1.29, 1.82) is 0 Å². The molecule has 0 saturated heterocycles. The van der Waals surface area contributed by atoms with Gasteiger partial charge in [0.2, 0.25) is 23.7 Å². The number of aryl methyl sites for hydroxylation is 5. The zero-order valence-electron chi connectivity index (χ0n) is 32.3. The van der Waals surface area contributed by atoms with Crippen molar-refractivity contribution >= 4 is 63.6 Å². The third kappa shape index (κ3) is 8.80. The molecular formula is C40H48N12O6. The Morgan fingerprint density at radius 3 is 1.81 bits per heavy atom. The minimum absolute atomic E-state index is 0. The maximum absolute atomic E-state index is 13.7. The lowest BCUT2D eigenvalue weighted by atomic mass is 10.0. The van der Waals surface area contributed by atoms with Gasteiger partial charge in [-0.1, -0.05) is 19.6 Å². The van der Waals surface area contributed by atoms with Crippen LogP contribution in [-0.4, -0.2) is 74.9 Å². The highest BCUT2D eigenvalue weighted by atomic mass is 16.5. The number of nitrogens with two attached hydrogens (primary N) is 2. The number of anilines is 2. The number of rotatable bonds is 16. The zero-order valence-corrected chi connectivity index (χ0v) is 32.3. The van der Waals surface area contributed by atoms with Gasteiger partial charge >= 0.3 is 5.97 Å². The number of hydrogen-bond acceptors (Lipinski definition) is 10. The number of ether oxygens (including phenoxy) is 1. The van der Waals surface area contributed by atoms with Gasteiger partial charge in [0.1, 0.15) is 11.4 Å². The van der Waals surface area contributed by atoms with Crippen molar-refractivity contribution in [2.75, 3.05) is 17.2 Å². The van der Waals surface area contributed by atoms with E-state index in [1.54, 1.807) is 81.7 Å². The van der Waals surface area contributed by atoms with Crippen molar-refractivity contribution in [3.8, 4) is 0 Å². The number of carbonyl (C=O) groups is 5. The summed E-state index contributed by atoms with van der Waals surface area (Å²) in [6.45, 7) is 10.6. The van der Waals surface area contributed by atoms with Crippen molar-refractivity contribution in [3.05, 3.63) is 94.1 Å². The topological polar surface area (TPSA) is 242 Å². The van der Waals surface area contributed by atoms with Crippen LogP contribution in [0.2, 0.25) is 0 Å². The number of fused-ring (bicyclic) bond motifs is 2. The zero-order chi connectivity index (χ0) is 41.0. The van der Waals surface area contributed by atoms with Crippen molar-refractivity contribution in [2.45, 2.75) is 81.1 Å². The van der Waals surface area contributed by atoms with Crippen LogP contribution in [0.3, 0.4) is 0 Å². The van der Waals surface area contributed by atoms with E-state index in [1.165, 1.54) is 0 Å². The summed E-state index contributed by atoms with van der Waals surface area (Å²) in [5, 5.41) is 14.6. The first-order valence-electron chi connectivity index (χ1n) is 18.5. The van der Waals surface area contributed by atoms with Crippen LogP contribution in [0, 0.1) is 13.8 Å². The van der Waals surface area contributed by atoms with E-state index in [0.717, 1.165) is 0 Å². The van der Waals surface area contributed by atoms with Gasteiger partial charge < -0.3 is 25.3 Å². The van der Waals surface area contributed by atoms with Crippen LogP contribution in [0.4, 0.5) is 11.9 Å². The molecule has 0 radical (unpaired) electrons. The Kier molecular flexibility index (Phi) is 12.9. The van der Waals surface area contributed by atoms with Gasteiger partial charge in [-0.15, -0.1) is 0 Å². The second kappa shape index (κ2) is 17.8. The van der Waals surface area contributed by atoms with Crippen LogP contribution in [-0.2, 0) is 42.1 Å². The highest BCUT2D eigenvalue weighted by Crippen LogP contribution is 2.28. The number of allylic oxidation sites excluding steroid dienone is 2. The fourth-order valence-corrected chi connectivity index (χ4v) is 6.62. The normalized spacial score (nSPS) is 11.3. The number of primary amides is 2. The molecule has 4 aromatic heterocycles. The van der Waals surface area contributed by atoms with E-state index >= 15 is 0 Å². The summed E-state index contributed by atoms with van der Waals surface area (Å²) in [6.07, 6.45) is 3.93. The molecule has 0 aliphatic rings. The number of amides is 4. The van der Waals surface area contributed by atoms with Crippen molar-refractivity contribution in [3.63, 3.8) is 0 Å². The third-order valence-corrected chi connectivity index (χ3v) is 9.20. The standard InChI is InChI=1S/C39H44N12O6.CH4/c1-6-50-30(17-22(4)46-50)36(55)44-38-42-27-20-25(34(40)53)11-13-29(27)48(38)15-9-10-16-49-33-24(12-14-32(52)57-8-3)19-26(35(41)54)21-28(33)43-39(49)45-37(56)31-18-23(5)47-51(31)7-2;/h9-11,13,17-21H,6-8,12,14-16H2,1-5H3,(H2,40,53)(H2,41,54)(H,42,44,55)(H,43,45,56);1H4/b10-9+;. The van der Waals surface area contributed by atoms with E-state index in [-0.39, 0.29) is 63.0 Å². The quantitative estimate of drug-likeness (QED) is 0.0789. The summed E-state index contributed by atoms with van der Waals surface area (Å²) in [7, 11) is 0. The van der Waals surface area contributed by atoms with E-state index in [4.69, 9.17) is 21.2 Å². The predicted molar refractivity (Wildman–Crippen MR) is 219 cm³/mol. The van der Waals surface area contributed by atoms with Crippen LogP contribution in [0.25, 0.3) is 22.1 Å².